The molecule has 7 aromatic carbocycles. The maximum atomic E-state index is 16.6. The highest BCUT2D eigenvalue weighted by atomic mass is 35.5. The van der Waals surface area contributed by atoms with Gasteiger partial charge in [-0.15, -0.1) is 0 Å². The summed E-state index contributed by atoms with van der Waals surface area (Å²) in [5.41, 5.74) is 9.35. The predicted octanol–water partition coefficient (Wildman–Crippen LogP) is 4.43. The van der Waals surface area contributed by atoms with E-state index in [9.17, 15) is 75.3 Å². The van der Waals surface area contributed by atoms with Crippen molar-refractivity contribution in [3.05, 3.63) is 186 Å². The first-order chi connectivity index (χ1) is 60.8. The number of primary amides is 1. The van der Waals surface area contributed by atoms with Crippen LogP contribution in [0.5, 0.6) is 46.0 Å². The minimum absolute atomic E-state index is 0.0742. The van der Waals surface area contributed by atoms with Gasteiger partial charge in [0.25, 0.3) is 0 Å². The number of halogens is 3. The van der Waals surface area contributed by atoms with E-state index in [4.69, 9.17) is 74.7 Å². The lowest BCUT2D eigenvalue weighted by Crippen LogP contribution is -2.63. The molecule has 40 heteroatoms. The molecule has 0 aliphatic carbocycles. The summed E-state index contributed by atoms with van der Waals surface area (Å²) in [5.74, 6) is -17.7. The second-order valence-corrected chi connectivity index (χ2v) is 33.7. The minimum atomic E-state index is -2.41. The number of phenolic OH excluding ortho intramolecular Hbond substituents is 3. The highest BCUT2D eigenvalue weighted by Gasteiger charge is 2.50. The number of carbonyl (C=O) groups excluding carboxylic acids is 7. The number of hydrogen-bond acceptors (Lipinski definition) is 28. The van der Waals surface area contributed by atoms with E-state index >= 15 is 24.0 Å². The predicted molar refractivity (Wildman–Crippen MR) is 460 cm³/mol. The van der Waals surface area contributed by atoms with E-state index in [1.807, 2.05) is 62.4 Å². The lowest BCUT2D eigenvalue weighted by molar-refractivity contribution is -0.277. The van der Waals surface area contributed by atoms with Crippen molar-refractivity contribution in [2.45, 2.75) is 195 Å². The molecule has 7 amide bonds. The second-order valence-electron chi connectivity index (χ2n) is 32.5. The van der Waals surface area contributed by atoms with E-state index in [-0.39, 0.29) is 65.7 Å². The van der Waals surface area contributed by atoms with E-state index in [0.29, 0.717) is 17.9 Å². The summed E-state index contributed by atoms with van der Waals surface area (Å²) in [6, 6.07) is 12.0. The zero-order valence-electron chi connectivity index (χ0n) is 69.6. The quantitative estimate of drug-likeness (QED) is 0.0263. The topological polar surface area (TPSA) is 592 Å². The maximum absolute atomic E-state index is 16.6. The number of aliphatic hydroxyl groups is 6. The van der Waals surface area contributed by atoms with Gasteiger partial charge in [0.15, 0.2) is 23.8 Å². The van der Waals surface area contributed by atoms with Crippen LogP contribution in [0.15, 0.2) is 121 Å². The van der Waals surface area contributed by atoms with Crippen molar-refractivity contribution in [3.8, 4) is 57.1 Å². The van der Waals surface area contributed by atoms with Crippen LogP contribution < -0.4 is 73.5 Å². The Labute approximate surface area is 747 Å². The fourth-order valence-electron chi connectivity index (χ4n) is 15.7. The molecule has 0 saturated carbocycles. The Bertz CT molecular complexity index is 5350. The number of aromatic hydroxyl groups is 3. The van der Waals surface area contributed by atoms with Crippen molar-refractivity contribution in [2.75, 3.05) is 20.2 Å². The van der Waals surface area contributed by atoms with Gasteiger partial charge in [-0.3, -0.25) is 38.4 Å². The summed E-state index contributed by atoms with van der Waals surface area (Å²) < 4.78 is 39.1. The number of aliphatic hydroxyl groups excluding tert-OH is 6. The third-order valence-electron chi connectivity index (χ3n) is 22.8. The zero-order valence-corrected chi connectivity index (χ0v) is 71.8. The fraction of sp³-hybridized carbons (Fsp3) is 0.398. The third kappa shape index (κ3) is 22.1. The summed E-state index contributed by atoms with van der Waals surface area (Å²) in [5, 5.41) is 151. The molecule has 0 spiro atoms. The molecule has 19 atom stereocenters. The Morgan fingerprint density at radius 2 is 1.29 bits per heavy atom. The number of fused-ring (bicyclic) bond motifs is 15. The molecule has 7 aliphatic heterocycles. The van der Waals surface area contributed by atoms with E-state index in [1.54, 1.807) is 19.1 Å². The van der Waals surface area contributed by atoms with Crippen LogP contribution >= 0.6 is 34.8 Å². The van der Waals surface area contributed by atoms with Crippen LogP contribution in [-0.2, 0) is 70.5 Å². The molecule has 684 valence electrons. The van der Waals surface area contributed by atoms with Crippen molar-refractivity contribution in [1.82, 2.24) is 47.9 Å². The lowest BCUT2D eigenvalue weighted by atomic mass is 9.84. The molecular weight excluding hydrogens is 1730 g/mol. The monoisotopic (exact) mass is 1830 g/mol. The number of nitrogens with two attached hydrogens (primary N) is 2. The number of benzene rings is 7. The molecule has 0 aromatic heterocycles. The molecule has 14 rings (SSSR count). The minimum Gasteiger partial charge on any atom is -0.507 e. The molecule has 11 bridgehead atoms. The molecule has 2 saturated heterocycles. The van der Waals surface area contributed by atoms with Gasteiger partial charge in [-0.1, -0.05) is 122 Å². The van der Waals surface area contributed by atoms with Crippen LogP contribution in [0.3, 0.4) is 0 Å². The number of carbonyl (C=O) groups is 9. The number of amides is 7. The first-order valence-corrected chi connectivity index (χ1v) is 42.1. The zero-order chi connectivity index (χ0) is 92.6. The van der Waals surface area contributed by atoms with Crippen molar-refractivity contribution in [2.24, 2.45) is 17.4 Å². The highest BCUT2D eigenvalue weighted by Crippen LogP contribution is 2.51. The largest absolute Gasteiger partial charge is 0.507 e. The van der Waals surface area contributed by atoms with Gasteiger partial charge >= 0.3 is 11.9 Å². The number of carboxylic acids is 2. The number of rotatable bonds is 26. The van der Waals surface area contributed by atoms with Crippen LogP contribution in [0.1, 0.15) is 147 Å². The Hall–Kier alpha value is -11.3. The Morgan fingerprint density at radius 3 is 1.91 bits per heavy atom. The summed E-state index contributed by atoms with van der Waals surface area (Å²) >= 11 is 20.7. The van der Waals surface area contributed by atoms with Crippen molar-refractivity contribution in [3.63, 3.8) is 0 Å². The number of carboxylic acid groups (broad SMARTS) is 2. The lowest BCUT2D eigenvalue weighted by Gasteiger charge is -2.47. The molecule has 7 aromatic rings. The summed E-state index contributed by atoms with van der Waals surface area (Å²) in [4.78, 5) is 133. The highest BCUT2D eigenvalue weighted by molar-refractivity contribution is 6.32. The summed E-state index contributed by atoms with van der Waals surface area (Å²) in [6.45, 7) is 5.66. The Morgan fingerprint density at radius 1 is 0.672 bits per heavy atom. The average molecular weight is 1830 g/mol. The maximum Gasteiger partial charge on any atom is 0.330 e. The number of likely N-dealkylation sites (N-methyl/N-ethyl adjacent to an activating group) is 1. The van der Waals surface area contributed by atoms with Crippen LogP contribution in [-0.4, -0.2) is 215 Å². The first kappa shape index (κ1) is 95.8. The fourth-order valence-corrected chi connectivity index (χ4v) is 16.2. The molecule has 0 unspecified atom stereocenters. The van der Waals surface area contributed by atoms with Crippen molar-refractivity contribution in [1.29, 1.82) is 0 Å². The second kappa shape index (κ2) is 41.4. The van der Waals surface area contributed by atoms with Gasteiger partial charge in [0.05, 0.1) is 46.9 Å². The molecule has 37 nitrogen and oxygen atoms in total. The smallest absolute Gasteiger partial charge is 0.330 e. The standard InChI is InChI=1S/C88H100Cl3N11O26/c1-38(2)26-54(94-5)79(113)101-69-71(107)44-18-23-58(51(90)28-44)124-60-30-46-31-61(77(60)128-87-75(111)74(110)73(109)62(37-103)126-87)125-59-24-19-45(29-52(59)91)76(127-64-34-88(4,78(112)39(3)123-64)96-35-42-13-11-40(12-14-42)9-10-41-15-20-47(89)21-16-41)70-84(118)100-68(86(121)122)49-32-57(105)50(36-95-25-7-6-8-53(92)85(119)120)72(108)65(49)48-27-43(17-22-56(48)104)66(81(115)102-70)99-82(116)67(46)98-80(114)55(33-63(93)106)97-83(69)117/h9-24,27-32,38-39,53-55,62,64,66-71,73-76,78,87,94-96,103-105,107-112H,6-8,25-26,33-37,92H2,1-5H3,(H2,93,106)(H,97,117)(H,98,114)(H,99,116)(H,100,118)(H,101,113)(H,102,115)(H,119,120)(H,121,122)/b10-9+/t39-,53-,54+,55-,62+,64-,66+,67+,68-,69+,70-,71+,73+,74-,75+,76+,78-,87-,88-/m0/s1. The van der Waals surface area contributed by atoms with E-state index in [1.165, 1.54) is 44.3 Å². The van der Waals surface area contributed by atoms with Gasteiger partial charge in [0.2, 0.25) is 53.4 Å². The number of unbranched alkanes of at least 4 members (excludes halogenated alkanes) is 1. The number of ether oxygens (including phenoxy) is 6. The van der Waals surface area contributed by atoms with E-state index in [2.05, 4.69) is 47.9 Å². The van der Waals surface area contributed by atoms with Crippen LogP contribution in [0.2, 0.25) is 15.1 Å². The molecule has 2 fully saturated rings. The van der Waals surface area contributed by atoms with Gasteiger partial charge < -0.3 is 144 Å². The molecular formula is C88H100Cl3N11O26. The molecule has 24 N–H and O–H groups in total. The Balaban J connectivity index is 1.06. The number of hydrogen-bond donors (Lipinski definition) is 22. The van der Waals surface area contributed by atoms with Crippen molar-refractivity contribution >= 4 is 100 Å². The number of nitrogens with one attached hydrogen (secondary N) is 9. The van der Waals surface area contributed by atoms with E-state index < -0.39 is 261 Å². The molecule has 0 radical (unpaired) electrons. The molecule has 128 heavy (non-hydrogen) atoms. The SMILES string of the molecule is CN[C@H](CC(C)C)C(=O)N[C@H]1C(=O)N[C@@H](CC(N)=O)C(=O)N[C@H]2C(=O)N[C@H]3C(=O)N[C@H](C(=O)N[C@H](C(=O)O)c4cc(O)c(CNCCCC[C@H](N)C(=O)O)c(O)c4-c4cc3ccc4O)[C@H](O[C@H]3C[C@](C)(NCc4ccc(/C=C/c5ccc(Cl)cc5)cc4)[C@@H](O)[C@H](C)O3)c3ccc(c(Cl)c3)Oc3cc2cc(c3O[C@@H]2O[C@H](CO)[C@@H](O)[C@H](O)[C@H]2O)Oc2ccc(cc2Cl)[C@H]1O. The van der Waals surface area contributed by atoms with E-state index in [0.717, 1.165) is 59.2 Å². The normalized spacial score (nSPS) is 26.0. The average Bonchev–Trinajstić information content (AvgIpc) is 0.753. The van der Waals surface area contributed by atoms with Gasteiger partial charge in [0.1, 0.15) is 102 Å². The van der Waals surface area contributed by atoms with Crippen LogP contribution in [0, 0.1) is 5.92 Å². The first-order valence-electron chi connectivity index (χ1n) is 41.0. The van der Waals surface area contributed by atoms with Crippen LogP contribution in [0.25, 0.3) is 23.3 Å². The van der Waals surface area contributed by atoms with Crippen LogP contribution in [0.4, 0.5) is 0 Å². The van der Waals surface area contributed by atoms with Gasteiger partial charge in [-0.25, -0.2) is 4.79 Å². The Kier molecular flexibility index (Phi) is 31.0. The van der Waals surface area contributed by atoms with Crippen molar-refractivity contribution < 1.29 is 128 Å². The molecule has 7 heterocycles. The van der Waals surface area contributed by atoms with Gasteiger partial charge in [0, 0.05) is 46.8 Å². The summed E-state index contributed by atoms with van der Waals surface area (Å²) in [7, 11) is 1.47. The van der Waals surface area contributed by atoms with Gasteiger partial charge in [-0.2, -0.15) is 0 Å². The van der Waals surface area contributed by atoms with Gasteiger partial charge in [-0.05, 0) is 158 Å². The third-order valence-corrected chi connectivity index (χ3v) is 23.6. The summed E-state index contributed by atoms with van der Waals surface area (Å²) in [6.07, 6.45) is -14.9. The number of aliphatic carboxylic acids is 2. The number of phenols is 3. The molecule has 7 aliphatic rings.